The SMILES string of the molecule is C/C=C1/C/C1=N/C. The topological polar surface area (TPSA) is 12.4 Å². The Kier molecular flexibility index (Phi) is 0.970. The molecule has 1 rings (SSSR count). The van der Waals surface area contributed by atoms with Crippen LogP contribution in [0.15, 0.2) is 16.6 Å². The van der Waals surface area contributed by atoms with Crippen LogP contribution in [0.5, 0.6) is 0 Å². The lowest BCUT2D eigenvalue weighted by Gasteiger charge is -1.62. The molecule has 0 bridgehead atoms. The van der Waals surface area contributed by atoms with E-state index in [4.69, 9.17) is 0 Å². The summed E-state index contributed by atoms with van der Waals surface area (Å²) in [6, 6.07) is 0. The highest BCUT2D eigenvalue weighted by Crippen LogP contribution is 2.23. The number of nitrogens with zero attached hydrogens (tertiary/aromatic N) is 1. The number of hydrogen-bond acceptors (Lipinski definition) is 1. The molecule has 0 amide bonds. The monoisotopic (exact) mass is 95.1 g/mol. The lowest BCUT2D eigenvalue weighted by Crippen LogP contribution is -1.58. The Balaban J connectivity index is 2.62. The van der Waals surface area contributed by atoms with E-state index in [1.54, 1.807) is 0 Å². The quantitative estimate of drug-likeness (QED) is 0.431. The van der Waals surface area contributed by atoms with Gasteiger partial charge in [0.25, 0.3) is 0 Å². The molecule has 1 saturated carbocycles. The van der Waals surface area contributed by atoms with Crippen molar-refractivity contribution in [3.8, 4) is 0 Å². The second-order valence-electron chi connectivity index (χ2n) is 1.66. The van der Waals surface area contributed by atoms with Crippen molar-refractivity contribution in [3.63, 3.8) is 0 Å². The average Bonchev–Trinajstić information content (AvgIpc) is 2.43. The second-order valence-corrected chi connectivity index (χ2v) is 1.66. The summed E-state index contributed by atoms with van der Waals surface area (Å²) in [5.74, 6) is 0. The first-order valence-electron chi connectivity index (χ1n) is 2.49. The summed E-state index contributed by atoms with van der Waals surface area (Å²) in [5, 5.41) is 0. The normalized spacial score (nSPS) is 29.4. The minimum Gasteiger partial charge on any atom is -0.292 e. The molecule has 0 heterocycles. The Bertz CT molecular complexity index is 115. The standard InChI is InChI=1S/C6H9N/c1-3-5-4-6(5)7-2/h3H,4H2,1-2H3/b5-3-,7-6-. The molecule has 1 aliphatic carbocycles. The molecule has 1 aliphatic rings. The van der Waals surface area contributed by atoms with E-state index in [1.807, 2.05) is 14.0 Å². The molecular formula is C6H9N. The van der Waals surface area contributed by atoms with Gasteiger partial charge in [-0.3, -0.25) is 4.99 Å². The van der Waals surface area contributed by atoms with Crippen molar-refractivity contribution >= 4 is 5.71 Å². The molecule has 1 nitrogen and oxygen atoms in total. The van der Waals surface area contributed by atoms with Crippen LogP contribution in [0.4, 0.5) is 0 Å². The van der Waals surface area contributed by atoms with Gasteiger partial charge in [-0.1, -0.05) is 6.08 Å². The zero-order valence-corrected chi connectivity index (χ0v) is 4.73. The zero-order chi connectivity index (χ0) is 5.28. The average molecular weight is 95.1 g/mol. The molecule has 0 N–H and O–H groups in total. The lowest BCUT2D eigenvalue weighted by molar-refractivity contribution is 1.46. The maximum absolute atomic E-state index is 4.00. The van der Waals surface area contributed by atoms with Crippen molar-refractivity contribution in [2.75, 3.05) is 7.05 Å². The van der Waals surface area contributed by atoms with Gasteiger partial charge in [-0.05, 0) is 12.5 Å². The fourth-order valence-corrected chi connectivity index (χ4v) is 0.628. The van der Waals surface area contributed by atoms with E-state index < -0.39 is 0 Å². The van der Waals surface area contributed by atoms with E-state index in [0.717, 1.165) is 6.42 Å². The molecule has 0 aromatic rings. The summed E-state index contributed by atoms with van der Waals surface area (Å²) in [5.41, 5.74) is 2.70. The molecule has 1 heteroatoms. The van der Waals surface area contributed by atoms with Crippen LogP contribution in [0.2, 0.25) is 0 Å². The predicted molar refractivity (Wildman–Crippen MR) is 31.7 cm³/mol. The van der Waals surface area contributed by atoms with E-state index >= 15 is 0 Å². The summed E-state index contributed by atoms with van der Waals surface area (Å²) >= 11 is 0. The van der Waals surface area contributed by atoms with E-state index in [0.29, 0.717) is 0 Å². The van der Waals surface area contributed by atoms with Crippen LogP contribution in [0.25, 0.3) is 0 Å². The van der Waals surface area contributed by atoms with Crippen LogP contribution in [-0.2, 0) is 0 Å². The van der Waals surface area contributed by atoms with Crippen molar-refractivity contribution in [2.24, 2.45) is 4.99 Å². The van der Waals surface area contributed by atoms with Gasteiger partial charge in [-0.2, -0.15) is 0 Å². The van der Waals surface area contributed by atoms with Crippen molar-refractivity contribution < 1.29 is 0 Å². The Hall–Kier alpha value is -0.590. The minimum atomic E-state index is 1.13. The van der Waals surface area contributed by atoms with Crippen molar-refractivity contribution in [1.82, 2.24) is 0 Å². The molecule has 0 aromatic carbocycles. The third kappa shape index (κ3) is 0.710. The van der Waals surface area contributed by atoms with Gasteiger partial charge >= 0.3 is 0 Å². The number of rotatable bonds is 0. The molecule has 0 unspecified atom stereocenters. The van der Waals surface area contributed by atoms with Gasteiger partial charge in [-0.25, -0.2) is 0 Å². The van der Waals surface area contributed by atoms with Crippen LogP contribution < -0.4 is 0 Å². The molecule has 0 aromatic heterocycles. The van der Waals surface area contributed by atoms with Crippen LogP contribution in [0.3, 0.4) is 0 Å². The zero-order valence-electron chi connectivity index (χ0n) is 4.73. The minimum absolute atomic E-state index is 1.13. The molecule has 0 radical (unpaired) electrons. The van der Waals surface area contributed by atoms with Gasteiger partial charge in [0.15, 0.2) is 0 Å². The van der Waals surface area contributed by atoms with Gasteiger partial charge in [0.2, 0.25) is 0 Å². The maximum atomic E-state index is 4.00. The highest BCUT2D eigenvalue weighted by atomic mass is 14.7. The first-order valence-corrected chi connectivity index (χ1v) is 2.49. The van der Waals surface area contributed by atoms with Gasteiger partial charge in [0.1, 0.15) is 0 Å². The molecule has 0 aliphatic heterocycles. The first kappa shape index (κ1) is 4.57. The number of hydrogen-bond donors (Lipinski definition) is 0. The summed E-state index contributed by atoms with van der Waals surface area (Å²) in [4.78, 5) is 4.00. The summed E-state index contributed by atoms with van der Waals surface area (Å²) in [6.07, 6.45) is 3.25. The van der Waals surface area contributed by atoms with Crippen LogP contribution in [0.1, 0.15) is 13.3 Å². The van der Waals surface area contributed by atoms with Gasteiger partial charge in [0.05, 0.1) is 0 Å². The summed E-state index contributed by atoms with van der Waals surface area (Å²) in [7, 11) is 1.84. The van der Waals surface area contributed by atoms with Gasteiger partial charge in [0, 0.05) is 19.2 Å². The first-order chi connectivity index (χ1) is 3.38. The van der Waals surface area contributed by atoms with Crippen LogP contribution in [0, 0.1) is 0 Å². The third-order valence-corrected chi connectivity index (χ3v) is 1.22. The summed E-state index contributed by atoms with van der Waals surface area (Å²) in [6.45, 7) is 2.05. The Morgan fingerprint density at radius 3 is 2.57 bits per heavy atom. The number of aliphatic imine (C=N–C) groups is 1. The van der Waals surface area contributed by atoms with Crippen molar-refractivity contribution in [3.05, 3.63) is 11.6 Å². The van der Waals surface area contributed by atoms with E-state index in [1.165, 1.54) is 11.3 Å². The van der Waals surface area contributed by atoms with Crippen molar-refractivity contribution in [2.45, 2.75) is 13.3 Å². The third-order valence-electron chi connectivity index (χ3n) is 1.22. The van der Waals surface area contributed by atoms with Crippen LogP contribution >= 0.6 is 0 Å². The number of allylic oxidation sites excluding steroid dienone is 2. The van der Waals surface area contributed by atoms with E-state index in [2.05, 4.69) is 11.1 Å². The van der Waals surface area contributed by atoms with Gasteiger partial charge < -0.3 is 0 Å². The Morgan fingerprint density at radius 1 is 1.71 bits per heavy atom. The maximum Gasteiger partial charge on any atom is 0.0421 e. The molecule has 0 atom stereocenters. The van der Waals surface area contributed by atoms with Crippen molar-refractivity contribution in [1.29, 1.82) is 0 Å². The second kappa shape index (κ2) is 1.49. The Labute approximate surface area is 43.8 Å². The smallest absolute Gasteiger partial charge is 0.0421 e. The van der Waals surface area contributed by atoms with Crippen LogP contribution in [-0.4, -0.2) is 12.8 Å². The molecular weight excluding hydrogens is 86.1 g/mol. The molecule has 7 heavy (non-hydrogen) atoms. The Morgan fingerprint density at radius 2 is 2.43 bits per heavy atom. The molecule has 38 valence electrons. The van der Waals surface area contributed by atoms with E-state index in [9.17, 15) is 0 Å². The fourth-order valence-electron chi connectivity index (χ4n) is 0.628. The largest absolute Gasteiger partial charge is 0.292 e. The van der Waals surface area contributed by atoms with Gasteiger partial charge in [-0.15, -0.1) is 0 Å². The molecule has 0 saturated heterocycles. The fraction of sp³-hybridized carbons (Fsp3) is 0.500. The molecule has 1 fully saturated rings. The predicted octanol–water partition coefficient (Wildman–Crippen LogP) is 1.41. The summed E-state index contributed by atoms with van der Waals surface area (Å²) < 4.78 is 0. The molecule has 0 spiro atoms. The highest BCUT2D eigenvalue weighted by molar-refractivity contribution is 6.17. The highest BCUT2D eigenvalue weighted by Gasteiger charge is 2.19. The van der Waals surface area contributed by atoms with E-state index in [-0.39, 0.29) is 0 Å². The lowest BCUT2D eigenvalue weighted by atomic mass is 10.5.